The van der Waals surface area contributed by atoms with Crippen molar-refractivity contribution >= 4 is 11.8 Å². The van der Waals surface area contributed by atoms with E-state index in [2.05, 4.69) is 29.4 Å². The van der Waals surface area contributed by atoms with E-state index >= 15 is 0 Å². The molecule has 2 heterocycles. The van der Waals surface area contributed by atoms with Gasteiger partial charge in [-0.15, -0.1) is 0 Å². The second kappa shape index (κ2) is 7.91. The summed E-state index contributed by atoms with van der Waals surface area (Å²) in [4.78, 5) is 28.6. The lowest BCUT2D eigenvalue weighted by atomic mass is 10.0. The van der Waals surface area contributed by atoms with E-state index in [1.165, 1.54) is 0 Å². The molecule has 2 fully saturated rings. The molecule has 0 bridgehead atoms. The molecule has 1 saturated heterocycles. The third-order valence-electron chi connectivity index (χ3n) is 6.34. The lowest BCUT2D eigenvalue weighted by molar-refractivity contribution is -0.143. The second-order valence-electron chi connectivity index (χ2n) is 8.65. The third kappa shape index (κ3) is 3.91. The van der Waals surface area contributed by atoms with Crippen molar-refractivity contribution < 1.29 is 14.7 Å². The Hall–Kier alpha value is -3.45. The highest BCUT2D eigenvalue weighted by Gasteiger charge is 2.50. The fraction of sp³-hybridized carbons (Fsp3) is 0.320. The van der Waals surface area contributed by atoms with Gasteiger partial charge in [-0.1, -0.05) is 36.4 Å². The molecule has 2 aromatic carbocycles. The van der Waals surface area contributed by atoms with Crippen LogP contribution >= 0.6 is 0 Å². The van der Waals surface area contributed by atoms with E-state index < -0.39 is 5.60 Å². The fourth-order valence-corrected chi connectivity index (χ4v) is 4.13. The van der Waals surface area contributed by atoms with Crippen LogP contribution in [-0.4, -0.2) is 68.3 Å². The highest BCUT2D eigenvalue weighted by atomic mass is 16.3. The van der Waals surface area contributed by atoms with E-state index in [0.717, 1.165) is 22.4 Å². The number of nitrogens with zero attached hydrogens (tertiary/aromatic N) is 4. The number of hydrogen-bond acceptors (Lipinski definition) is 4. The van der Waals surface area contributed by atoms with E-state index in [1.807, 2.05) is 43.6 Å². The van der Waals surface area contributed by atoms with Gasteiger partial charge in [0.1, 0.15) is 5.60 Å². The summed E-state index contributed by atoms with van der Waals surface area (Å²) in [7, 11) is 1.90. The van der Waals surface area contributed by atoms with E-state index in [0.29, 0.717) is 44.6 Å². The van der Waals surface area contributed by atoms with Gasteiger partial charge in [0.15, 0.2) is 0 Å². The molecule has 0 spiro atoms. The molecule has 0 atom stereocenters. The molecular formula is C25H26N4O3. The number of aryl methyl sites for hydroxylation is 1. The summed E-state index contributed by atoms with van der Waals surface area (Å²) in [5, 5.41) is 14.4. The van der Waals surface area contributed by atoms with Gasteiger partial charge < -0.3 is 14.9 Å². The van der Waals surface area contributed by atoms with Crippen molar-refractivity contribution in [3.8, 4) is 22.4 Å². The van der Waals surface area contributed by atoms with Gasteiger partial charge in [-0.3, -0.25) is 14.3 Å². The fourth-order valence-electron chi connectivity index (χ4n) is 4.13. The predicted octanol–water partition coefficient (Wildman–Crippen LogP) is 2.56. The summed E-state index contributed by atoms with van der Waals surface area (Å²) in [6.07, 6.45) is 3.01. The first-order chi connectivity index (χ1) is 15.4. The minimum Gasteiger partial charge on any atom is -0.380 e. The Morgan fingerprint density at radius 1 is 0.812 bits per heavy atom. The summed E-state index contributed by atoms with van der Waals surface area (Å²) in [5.74, 6) is -0.220. The minimum atomic E-state index is -1.14. The van der Waals surface area contributed by atoms with Gasteiger partial charge in [-0.25, -0.2) is 0 Å². The van der Waals surface area contributed by atoms with Gasteiger partial charge in [0.05, 0.1) is 5.69 Å². The molecule has 3 aromatic rings. The molecule has 1 saturated carbocycles. The molecule has 1 aliphatic carbocycles. The maximum atomic E-state index is 12.9. The number of carbonyl (C=O) groups is 2. The molecule has 1 aromatic heterocycles. The van der Waals surface area contributed by atoms with E-state index in [-0.39, 0.29) is 11.8 Å². The van der Waals surface area contributed by atoms with Crippen LogP contribution in [0.3, 0.4) is 0 Å². The first kappa shape index (κ1) is 20.5. The molecule has 1 aliphatic heterocycles. The molecule has 32 heavy (non-hydrogen) atoms. The SMILES string of the molecule is Cn1ccc(-c2ccc(-c3ccc(C(=O)N4CCN(C(=O)C5(O)CC5)CC4)cc3)cc2)n1. The van der Waals surface area contributed by atoms with Crippen LogP contribution in [0.15, 0.2) is 60.8 Å². The summed E-state index contributed by atoms with van der Waals surface area (Å²) in [6, 6.07) is 17.8. The molecule has 7 nitrogen and oxygen atoms in total. The van der Waals surface area contributed by atoms with Crippen molar-refractivity contribution in [3.05, 3.63) is 66.4 Å². The first-order valence-electron chi connectivity index (χ1n) is 10.9. The Kier molecular flexibility index (Phi) is 5.06. The predicted molar refractivity (Wildman–Crippen MR) is 121 cm³/mol. The van der Waals surface area contributed by atoms with Gasteiger partial charge in [-0.2, -0.15) is 5.10 Å². The summed E-state index contributed by atoms with van der Waals surface area (Å²) >= 11 is 0. The summed E-state index contributed by atoms with van der Waals surface area (Å²) < 4.78 is 1.78. The first-order valence-corrected chi connectivity index (χ1v) is 10.9. The van der Waals surface area contributed by atoms with Crippen LogP contribution in [0, 0.1) is 0 Å². The maximum Gasteiger partial charge on any atom is 0.254 e. The van der Waals surface area contributed by atoms with Crippen LogP contribution in [0.4, 0.5) is 0 Å². The van der Waals surface area contributed by atoms with E-state index in [4.69, 9.17) is 0 Å². The molecule has 7 heteroatoms. The van der Waals surface area contributed by atoms with Crippen molar-refractivity contribution in [2.45, 2.75) is 18.4 Å². The zero-order valence-electron chi connectivity index (χ0n) is 18.1. The minimum absolute atomic E-state index is 0.0284. The van der Waals surface area contributed by atoms with Crippen LogP contribution < -0.4 is 0 Å². The number of hydrogen-bond donors (Lipinski definition) is 1. The number of rotatable bonds is 4. The largest absolute Gasteiger partial charge is 0.380 e. The van der Waals surface area contributed by atoms with Crippen LogP contribution in [0.2, 0.25) is 0 Å². The van der Waals surface area contributed by atoms with Gasteiger partial charge >= 0.3 is 0 Å². The summed E-state index contributed by atoms with van der Waals surface area (Å²) in [6.45, 7) is 1.90. The lowest BCUT2D eigenvalue weighted by Crippen LogP contribution is -2.53. The molecular weight excluding hydrogens is 404 g/mol. The standard InChI is InChI=1S/C25H26N4O3/c1-27-13-10-22(26-27)20-6-2-18(3-7-20)19-4-8-21(9-5-19)23(30)28-14-16-29(17-15-28)24(31)25(32)11-12-25/h2-10,13,32H,11-12,14-17H2,1H3. The topological polar surface area (TPSA) is 78.7 Å². The monoisotopic (exact) mass is 430 g/mol. The average Bonchev–Trinajstić information content (AvgIpc) is 3.44. The number of piperazine rings is 1. The lowest BCUT2D eigenvalue weighted by Gasteiger charge is -2.35. The average molecular weight is 431 g/mol. The third-order valence-corrected chi connectivity index (χ3v) is 6.34. The Balaban J connectivity index is 1.22. The Morgan fingerprint density at radius 3 is 1.88 bits per heavy atom. The number of carbonyl (C=O) groups excluding carboxylic acids is 2. The Morgan fingerprint density at radius 2 is 1.34 bits per heavy atom. The van der Waals surface area contributed by atoms with Gasteiger partial charge in [0, 0.05) is 50.6 Å². The molecule has 2 amide bonds. The van der Waals surface area contributed by atoms with Crippen LogP contribution in [0.25, 0.3) is 22.4 Å². The van der Waals surface area contributed by atoms with Crippen molar-refractivity contribution in [3.63, 3.8) is 0 Å². The second-order valence-corrected chi connectivity index (χ2v) is 8.65. The Bertz CT molecular complexity index is 1140. The van der Waals surface area contributed by atoms with Crippen molar-refractivity contribution in [2.75, 3.05) is 26.2 Å². The van der Waals surface area contributed by atoms with Crippen LogP contribution in [0.5, 0.6) is 0 Å². The Labute approximate surface area is 186 Å². The smallest absolute Gasteiger partial charge is 0.254 e. The maximum absolute atomic E-state index is 12.9. The van der Waals surface area contributed by atoms with Crippen molar-refractivity contribution in [2.24, 2.45) is 7.05 Å². The number of amides is 2. The van der Waals surface area contributed by atoms with E-state index in [9.17, 15) is 14.7 Å². The van der Waals surface area contributed by atoms with Crippen LogP contribution in [-0.2, 0) is 11.8 Å². The quantitative estimate of drug-likeness (QED) is 0.690. The van der Waals surface area contributed by atoms with Crippen LogP contribution in [0.1, 0.15) is 23.2 Å². The normalized spacial score (nSPS) is 17.3. The highest BCUT2D eigenvalue weighted by Crippen LogP contribution is 2.37. The van der Waals surface area contributed by atoms with Gasteiger partial charge in [0.2, 0.25) is 0 Å². The molecule has 0 unspecified atom stereocenters. The van der Waals surface area contributed by atoms with Gasteiger partial charge in [-0.05, 0) is 42.2 Å². The van der Waals surface area contributed by atoms with E-state index in [1.54, 1.807) is 14.5 Å². The zero-order valence-corrected chi connectivity index (χ0v) is 18.1. The molecule has 2 aliphatic rings. The zero-order chi connectivity index (χ0) is 22.3. The number of aromatic nitrogens is 2. The van der Waals surface area contributed by atoms with Crippen molar-refractivity contribution in [1.82, 2.24) is 19.6 Å². The van der Waals surface area contributed by atoms with Crippen molar-refractivity contribution in [1.29, 1.82) is 0 Å². The molecule has 1 N–H and O–H groups in total. The number of benzene rings is 2. The summed E-state index contributed by atoms with van der Waals surface area (Å²) in [5.41, 5.74) is 3.62. The number of aliphatic hydroxyl groups is 1. The highest BCUT2D eigenvalue weighted by molar-refractivity contribution is 5.95. The van der Waals surface area contributed by atoms with Gasteiger partial charge in [0.25, 0.3) is 11.8 Å². The molecule has 0 radical (unpaired) electrons. The molecule has 164 valence electrons. The molecule has 5 rings (SSSR count).